The number of hydrogen-bond donors (Lipinski definition) is 1. The van der Waals surface area contributed by atoms with Gasteiger partial charge in [0.2, 0.25) is 11.5 Å². The van der Waals surface area contributed by atoms with Gasteiger partial charge in [0.1, 0.15) is 18.1 Å². The van der Waals surface area contributed by atoms with E-state index in [1.165, 1.54) is 0 Å². The fourth-order valence-electron chi connectivity index (χ4n) is 5.58. The first-order chi connectivity index (χ1) is 19.6. The zero-order chi connectivity index (χ0) is 29.3. The predicted molar refractivity (Wildman–Crippen MR) is 151 cm³/mol. The Morgan fingerprint density at radius 2 is 1.68 bits per heavy atom. The molecule has 212 valence electrons. The lowest BCUT2D eigenvalue weighted by atomic mass is 9.77. The van der Waals surface area contributed by atoms with E-state index >= 15 is 0 Å². The van der Waals surface area contributed by atoms with Gasteiger partial charge in [0.25, 0.3) is 11.8 Å². The number of aliphatic hydroxyl groups excluding tert-OH is 1. The molecule has 0 saturated carbocycles. The van der Waals surface area contributed by atoms with Crippen LogP contribution in [0.25, 0.3) is 5.57 Å². The molecule has 0 bridgehead atoms. The smallest absolute Gasteiger partial charge is 0.333 e. The molecule has 3 aliphatic rings. The molecule has 0 unspecified atom stereocenters. The fourth-order valence-corrected chi connectivity index (χ4v) is 5.58. The van der Waals surface area contributed by atoms with E-state index in [9.17, 15) is 24.3 Å². The number of allylic oxidation sites excluding steroid dienone is 3. The number of unbranched alkanes of at least 4 members (excludes halogenated alkanes) is 2. The van der Waals surface area contributed by atoms with Gasteiger partial charge in [-0.05, 0) is 44.4 Å². The molecule has 1 fully saturated rings. The van der Waals surface area contributed by atoms with Crippen LogP contribution >= 0.6 is 0 Å². The molecule has 0 radical (unpaired) electrons. The Kier molecular flexibility index (Phi) is 7.62. The summed E-state index contributed by atoms with van der Waals surface area (Å²) in [6.07, 6.45) is 4.03. The summed E-state index contributed by atoms with van der Waals surface area (Å²) in [5.41, 5.74) is 3.89. The molecule has 9 heteroatoms. The molecule has 0 spiro atoms. The monoisotopic (exact) mass is 557 g/mol. The summed E-state index contributed by atoms with van der Waals surface area (Å²) >= 11 is 0. The van der Waals surface area contributed by atoms with Crippen molar-refractivity contribution >= 4 is 40.5 Å². The van der Waals surface area contributed by atoms with E-state index in [0.717, 1.165) is 23.4 Å². The number of methoxy groups -OCH3 is 1. The maximum Gasteiger partial charge on any atom is 0.333 e. The molecule has 9 nitrogen and oxygen atoms in total. The number of amides is 2. The highest BCUT2D eigenvalue weighted by Crippen LogP contribution is 2.43. The van der Waals surface area contributed by atoms with Crippen LogP contribution in [0, 0.1) is 0 Å². The lowest BCUT2D eigenvalue weighted by Gasteiger charge is -2.23. The predicted octanol–water partition coefficient (Wildman–Crippen LogP) is 4.72. The van der Waals surface area contributed by atoms with E-state index in [-0.39, 0.29) is 36.4 Å². The lowest BCUT2D eigenvalue weighted by molar-refractivity contribution is -0.438. The highest BCUT2D eigenvalue weighted by atomic mass is 16.7. The molecule has 2 amide bonds. The lowest BCUT2D eigenvalue weighted by Crippen LogP contribution is -2.32. The normalized spacial score (nSPS) is 18.8. The van der Waals surface area contributed by atoms with Gasteiger partial charge in [-0.2, -0.15) is 4.58 Å². The number of carbonyl (C=O) groups excluding carboxylic acids is 4. The zero-order valence-corrected chi connectivity index (χ0v) is 23.4. The Labute approximate surface area is 238 Å². The van der Waals surface area contributed by atoms with Crippen LogP contribution in [0.5, 0.6) is 5.75 Å². The van der Waals surface area contributed by atoms with E-state index in [0.29, 0.717) is 41.3 Å². The summed E-state index contributed by atoms with van der Waals surface area (Å²) in [4.78, 5) is 53.6. The van der Waals surface area contributed by atoms with Gasteiger partial charge in [0.15, 0.2) is 5.71 Å². The molecule has 2 heterocycles. The van der Waals surface area contributed by atoms with Crippen molar-refractivity contribution in [3.8, 4) is 5.75 Å². The van der Waals surface area contributed by atoms with Crippen LogP contribution in [0.2, 0.25) is 0 Å². The number of carbonyl (C=O) groups is 4. The summed E-state index contributed by atoms with van der Waals surface area (Å²) in [6, 6.07) is 15.1. The number of imide groups is 1. The molecule has 2 aliphatic heterocycles. The van der Waals surface area contributed by atoms with Gasteiger partial charge in [-0.3, -0.25) is 14.4 Å². The van der Waals surface area contributed by atoms with E-state index in [1.54, 1.807) is 37.5 Å². The highest BCUT2D eigenvalue weighted by Gasteiger charge is 2.46. The van der Waals surface area contributed by atoms with Crippen LogP contribution in [-0.4, -0.2) is 57.7 Å². The number of aliphatic hydroxyl groups is 1. The third-order valence-corrected chi connectivity index (χ3v) is 7.88. The van der Waals surface area contributed by atoms with Crippen molar-refractivity contribution in [1.82, 2.24) is 5.06 Å². The van der Waals surface area contributed by atoms with E-state index in [2.05, 4.69) is 24.5 Å². The quantitative estimate of drug-likeness (QED) is 0.195. The average Bonchev–Trinajstić information content (AvgIpc) is 3.39. The minimum Gasteiger partial charge on any atom is -0.506 e. The Bertz CT molecular complexity index is 1510. The second kappa shape index (κ2) is 11.2. The van der Waals surface area contributed by atoms with Gasteiger partial charge in [0.05, 0.1) is 23.7 Å². The van der Waals surface area contributed by atoms with E-state index in [4.69, 9.17) is 9.57 Å². The molecule has 1 N–H and O–H groups in total. The van der Waals surface area contributed by atoms with Gasteiger partial charge in [0, 0.05) is 43.4 Å². The Balaban J connectivity index is 1.31. The summed E-state index contributed by atoms with van der Waals surface area (Å²) in [6.45, 7) is 4.84. The second-order valence-corrected chi connectivity index (χ2v) is 10.9. The molecule has 1 aliphatic carbocycles. The summed E-state index contributed by atoms with van der Waals surface area (Å²) < 4.78 is 7.36. The van der Waals surface area contributed by atoms with Gasteiger partial charge in [-0.25, -0.2) is 4.79 Å². The zero-order valence-electron chi connectivity index (χ0n) is 23.4. The van der Waals surface area contributed by atoms with Crippen molar-refractivity contribution < 1.29 is 38.4 Å². The number of ketones is 1. The summed E-state index contributed by atoms with van der Waals surface area (Å²) in [5.74, 6) is -1.14. The molecule has 2 aromatic rings. The summed E-state index contributed by atoms with van der Waals surface area (Å²) in [5, 5.41) is 11.5. The second-order valence-electron chi connectivity index (χ2n) is 10.9. The van der Waals surface area contributed by atoms with Crippen LogP contribution < -0.4 is 4.74 Å². The first-order valence-electron chi connectivity index (χ1n) is 13.8. The molecule has 5 rings (SSSR count). The van der Waals surface area contributed by atoms with Crippen LogP contribution in [-0.2, 0) is 29.4 Å². The maximum absolute atomic E-state index is 13.2. The third kappa shape index (κ3) is 5.19. The van der Waals surface area contributed by atoms with E-state index < -0.39 is 23.2 Å². The molecule has 2 aromatic carbocycles. The molecule has 0 atom stereocenters. The largest absolute Gasteiger partial charge is 0.506 e. The van der Waals surface area contributed by atoms with Crippen LogP contribution in [0.4, 0.5) is 5.69 Å². The SMILES string of the molecule is COc1ccc(C2=C(O)/C(=C/C3=[N+](CCCCCC(=O)ON4C(=O)CCC4=O)c4ccccc4C3(C)C)C2=O)cc1. The van der Waals surface area contributed by atoms with Gasteiger partial charge < -0.3 is 14.7 Å². The van der Waals surface area contributed by atoms with Gasteiger partial charge in [-0.15, -0.1) is 5.06 Å². The number of para-hydroxylation sites is 1. The minimum atomic E-state index is -0.600. The number of ether oxygens (including phenoxy) is 1. The van der Waals surface area contributed by atoms with Crippen molar-refractivity contribution in [2.75, 3.05) is 13.7 Å². The average molecular weight is 558 g/mol. The number of hydrogen-bond acceptors (Lipinski definition) is 7. The van der Waals surface area contributed by atoms with Crippen LogP contribution in [0.1, 0.15) is 63.5 Å². The Hall–Kier alpha value is -4.53. The number of hydroxylamine groups is 2. The van der Waals surface area contributed by atoms with Crippen molar-refractivity contribution in [2.24, 2.45) is 0 Å². The first-order valence-corrected chi connectivity index (χ1v) is 13.8. The molecular formula is C32H33N2O7+. The number of Topliss-reactive ketones (excluding diaryl/α,β-unsaturated/α-hetero) is 1. The van der Waals surface area contributed by atoms with Crippen molar-refractivity contribution in [3.05, 3.63) is 77.1 Å². The Morgan fingerprint density at radius 1 is 1.00 bits per heavy atom. The van der Waals surface area contributed by atoms with Crippen molar-refractivity contribution in [1.29, 1.82) is 0 Å². The van der Waals surface area contributed by atoms with Crippen molar-refractivity contribution in [3.63, 3.8) is 0 Å². The molecule has 41 heavy (non-hydrogen) atoms. The standard InChI is InChI=1S/C32H32N2O7/c1-32(2)23-9-6-7-10-24(23)33(18-8-4-5-11-28(37)41-34-26(35)16-17-27(34)36)25(32)19-22-30(38)29(31(22)39)20-12-14-21(40-3)15-13-20/h6-7,9-10,12-15,19H,4-5,8,11,16-18H2,1-3H3/p+1. The van der Waals surface area contributed by atoms with Gasteiger partial charge in [-0.1, -0.05) is 30.3 Å². The summed E-state index contributed by atoms with van der Waals surface area (Å²) in [7, 11) is 1.57. The van der Waals surface area contributed by atoms with Crippen LogP contribution in [0.3, 0.4) is 0 Å². The number of fused-ring (bicyclic) bond motifs is 1. The number of nitrogens with zero attached hydrogens (tertiary/aromatic N) is 2. The molecule has 0 aromatic heterocycles. The fraction of sp³-hybridized carbons (Fsp3) is 0.344. The molecular weight excluding hydrogens is 524 g/mol. The molecule has 1 saturated heterocycles. The number of rotatable bonds is 10. The van der Waals surface area contributed by atoms with Gasteiger partial charge >= 0.3 is 5.97 Å². The third-order valence-electron chi connectivity index (χ3n) is 7.88. The van der Waals surface area contributed by atoms with Crippen LogP contribution in [0.15, 0.2) is 65.9 Å². The maximum atomic E-state index is 13.2. The topological polar surface area (TPSA) is 113 Å². The first kappa shape index (κ1) is 28.0. The van der Waals surface area contributed by atoms with Crippen molar-refractivity contribution in [2.45, 2.75) is 57.8 Å². The van der Waals surface area contributed by atoms with E-state index in [1.807, 2.05) is 18.2 Å². The Morgan fingerprint density at radius 3 is 2.34 bits per heavy atom. The minimum absolute atomic E-state index is 0.0205. The highest BCUT2D eigenvalue weighted by molar-refractivity contribution is 6.40. The number of benzene rings is 2.